The predicted molar refractivity (Wildman–Crippen MR) is 86.1 cm³/mol. The molecule has 5 nitrogen and oxygen atoms in total. The summed E-state index contributed by atoms with van der Waals surface area (Å²) in [4.78, 5) is 0.177. The fraction of sp³-hybridized carbons (Fsp3) is 0.571. The summed E-state index contributed by atoms with van der Waals surface area (Å²) in [5.41, 5.74) is 0. The van der Waals surface area contributed by atoms with Gasteiger partial charge in [0.15, 0.2) is 0 Å². The van der Waals surface area contributed by atoms with E-state index in [1.165, 1.54) is 0 Å². The van der Waals surface area contributed by atoms with Gasteiger partial charge in [0.25, 0.3) is 0 Å². The molecular weight excluding hydrogens is 356 g/mol. The van der Waals surface area contributed by atoms with Crippen molar-refractivity contribution in [3.05, 3.63) is 22.7 Å². The van der Waals surface area contributed by atoms with E-state index in [9.17, 15) is 8.42 Å². The molecule has 0 spiro atoms. The van der Waals surface area contributed by atoms with Crippen LogP contribution >= 0.6 is 15.9 Å². The highest BCUT2D eigenvalue weighted by Crippen LogP contribution is 2.28. The van der Waals surface area contributed by atoms with Crippen LogP contribution in [-0.4, -0.2) is 33.7 Å². The Morgan fingerprint density at radius 3 is 2.90 bits per heavy atom. The number of piperidine rings is 1. The first-order valence-electron chi connectivity index (χ1n) is 7.12. The van der Waals surface area contributed by atoms with Crippen LogP contribution in [0.25, 0.3) is 0 Å². The summed E-state index contributed by atoms with van der Waals surface area (Å²) in [7, 11) is -3.61. The summed E-state index contributed by atoms with van der Waals surface area (Å²) in [6.45, 7) is 5.18. The molecule has 1 aromatic carbocycles. The Morgan fingerprint density at radius 1 is 1.48 bits per heavy atom. The molecular formula is C14H21BrN2O3S. The van der Waals surface area contributed by atoms with E-state index < -0.39 is 10.0 Å². The van der Waals surface area contributed by atoms with Crippen LogP contribution in [0.3, 0.4) is 0 Å². The highest BCUT2D eigenvalue weighted by atomic mass is 79.9. The van der Waals surface area contributed by atoms with Gasteiger partial charge in [-0.3, -0.25) is 0 Å². The van der Waals surface area contributed by atoms with E-state index in [4.69, 9.17) is 4.74 Å². The minimum Gasteiger partial charge on any atom is -0.492 e. The topological polar surface area (TPSA) is 67.4 Å². The van der Waals surface area contributed by atoms with Gasteiger partial charge in [-0.2, -0.15) is 0 Å². The maximum Gasteiger partial charge on any atom is 0.244 e. The normalized spacial score (nSPS) is 23.0. The van der Waals surface area contributed by atoms with Gasteiger partial charge in [0, 0.05) is 16.6 Å². The summed E-state index contributed by atoms with van der Waals surface area (Å²) in [6.07, 6.45) is 1.81. The Morgan fingerprint density at radius 2 is 2.24 bits per heavy atom. The molecule has 7 heteroatoms. The molecule has 118 valence electrons. The standard InChI is InChI=1S/C14H21BrN2O3S/c1-3-20-13-7-6-11(15)9-14(13)21(18,19)17-12-5-4-8-16-10(12)2/h6-7,9-10,12,16-17H,3-5,8H2,1-2H3. The lowest BCUT2D eigenvalue weighted by Crippen LogP contribution is -2.51. The third-order valence-corrected chi connectivity index (χ3v) is 5.57. The molecule has 1 saturated heterocycles. The lowest BCUT2D eigenvalue weighted by molar-refractivity contribution is 0.328. The zero-order valence-corrected chi connectivity index (χ0v) is 14.6. The maximum atomic E-state index is 12.7. The van der Waals surface area contributed by atoms with Crippen molar-refractivity contribution in [2.45, 2.75) is 43.7 Å². The van der Waals surface area contributed by atoms with Crippen LogP contribution in [0.1, 0.15) is 26.7 Å². The van der Waals surface area contributed by atoms with E-state index in [0.717, 1.165) is 19.4 Å². The van der Waals surface area contributed by atoms with Crippen molar-refractivity contribution in [2.75, 3.05) is 13.2 Å². The highest BCUT2D eigenvalue weighted by molar-refractivity contribution is 9.10. The average molecular weight is 377 g/mol. The number of nitrogens with one attached hydrogen (secondary N) is 2. The van der Waals surface area contributed by atoms with Crippen molar-refractivity contribution in [1.82, 2.24) is 10.0 Å². The van der Waals surface area contributed by atoms with E-state index >= 15 is 0 Å². The molecule has 0 bridgehead atoms. The Hall–Kier alpha value is -0.630. The monoisotopic (exact) mass is 376 g/mol. The van der Waals surface area contributed by atoms with Crippen molar-refractivity contribution in [1.29, 1.82) is 0 Å². The minimum absolute atomic E-state index is 0.0998. The number of ether oxygens (including phenoxy) is 1. The van der Waals surface area contributed by atoms with Gasteiger partial charge in [-0.1, -0.05) is 15.9 Å². The summed E-state index contributed by atoms with van der Waals surface area (Å²) < 4.78 is 34.3. The zero-order valence-electron chi connectivity index (χ0n) is 12.2. The third kappa shape index (κ3) is 4.18. The molecule has 0 amide bonds. The fourth-order valence-corrected chi connectivity index (χ4v) is 4.47. The molecule has 2 unspecified atom stereocenters. The van der Waals surface area contributed by atoms with Crippen molar-refractivity contribution >= 4 is 26.0 Å². The van der Waals surface area contributed by atoms with E-state index in [0.29, 0.717) is 16.8 Å². The number of rotatable bonds is 5. The first-order valence-corrected chi connectivity index (χ1v) is 9.39. The molecule has 0 aliphatic carbocycles. The smallest absolute Gasteiger partial charge is 0.244 e. The van der Waals surface area contributed by atoms with Crippen LogP contribution in [0.2, 0.25) is 0 Å². The first-order chi connectivity index (χ1) is 9.94. The van der Waals surface area contributed by atoms with Crippen molar-refractivity contribution < 1.29 is 13.2 Å². The van der Waals surface area contributed by atoms with Gasteiger partial charge in [-0.05, 0) is 51.4 Å². The Kier molecular flexibility index (Phi) is 5.65. The molecule has 2 atom stereocenters. The number of sulfonamides is 1. The van der Waals surface area contributed by atoms with Gasteiger partial charge >= 0.3 is 0 Å². The molecule has 1 aliphatic rings. The second-order valence-electron chi connectivity index (χ2n) is 5.14. The molecule has 1 heterocycles. The lowest BCUT2D eigenvalue weighted by atomic mass is 10.0. The average Bonchev–Trinajstić information content (AvgIpc) is 2.43. The molecule has 1 aromatic rings. The Labute approximate surface area is 134 Å². The van der Waals surface area contributed by atoms with Gasteiger partial charge < -0.3 is 10.1 Å². The first kappa shape index (κ1) is 16.7. The van der Waals surface area contributed by atoms with E-state index in [1.807, 2.05) is 13.8 Å². The van der Waals surface area contributed by atoms with Gasteiger partial charge in [0.05, 0.1) is 6.61 Å². The minimum atomic E-state index is -3.61. The molecule has 1 aliphatic heterocycles. The molecule has 21 heavy (non-hydrogen) atoms. The van der Waals surface area contributed by atoms with Crippen LogP contribution in [0.15, 0.2) is 27.6 Å². The summed E-state index contributed by atoms with van der Waals surface area (Å²) >= 11 is 3.32. The van der Waals surface area contributed by atoms with E-state index in [2.05, 4.69) is 26.0 Å². The molecule has 0 radical (unpaired) electrons. The van der Waals surface area contributed by atoms with Crippen LogP contribution < -0.4 is 14.8 Å². The number of benzene rings is 1. The third-order valence-electron chi connectivity index (χ3n) is 3.56. The highest BCUT2D eigenvalue weighted by Gasteiger charge is 2.28. The fourth-order valence-electron chi connectivity index (χ4n) is 2.43. The quantitative estimate of drug-likeness (QED) is 0.826. The van der Waals surface area contributed by atoms with E-state index in [1.54, 1.807) is 18.2 Å². The number of hydrogen-bond acceptors (Lipinski definition) is 4. The second-order valence-corrected chi connectivity index (χ2v) is 7.73. The summed E-state index contributed by atoms with van der Waals surface area (Å²) in [6, 6.07) is 5.04. The lowest BCUT2D eigenvalue weighted by Gasteiger charge is -2.30. The summed E-state index contributed by atoms with van der Waals surface area (Å²) in [5, 5.41) is 3.29. The van der Waals surface area contributed by atoms with Gasteiger partial charge in [-0.15, -0.1) is 0 Å². The van der Waals surface area contributed by atoms with Gasteiger partial charge in [-0.25, -0.2) is 13.1 Å². The van der Waals surface area contributed by atoms with Crippen molar-refractivity contribution in [2.24, 2.45) is 0 Å². The Bertz CT molecular complexity index is 592. The van der Waals surface area contributed by atoms with Crippen LogP contribution in [0, 0.1) is 0 Å². The molecule has 1 fully saturated rings. The SMILES string of the molecule is CCOc1ccc(Br)cc1S(=O)(=O)NC1CCCNC1C. The Balaban J connectivity index is 2.28. The number of hydrogen-bond donors (Lipinski definition) is 2. The van der Waals surface area contributed by atoms with Crippen LogP contribution in [-0.2, 0) is 10.0 Å². The predicted octanol–water partition coefficient (Wildman–Crippen LogP) is 2.27. The molecule has 2 N–H and O–H groups in total. The van der Waals surface area contributed by atoms with E-state index in [-0.39, 0.29) is 17.0 Å². The molecule has 2 rings (SSSR count). The van der Waals surface area contributed by atoms with Crippen molar-refractivity contribution in [3.63, 3.8) is 0 Å². The zero-order chi connectivity index (χ0) is 15.5. The van der Waals surface area contributed by atoms with Crippen molar-refractivity contribution in [3.8, 4) is 5.75 Å². The largest absolute Gasteiger partial charge is 0.492 e. The second kappa shape index (κ2) is 7.09. The molecule has 0 saturated carbocycles. The van der Waals surface area contributed by atoms with Crippen LogP contribution in [0.5, 0.6) is 5.75 Å². The molecule has 0 aromatic heterocycles. The van der Waals surface area contributed by atoms with Gasteiger partial charge in [0.2, 0.25) is 10.0 Å². The van der Waals surface area contributed by atoms with Crippen LogP contribution in [0.4, 0.5) is 0 Å². The maximum absolute atomic E-state index is 12.7. The summed E-state index contributed by atoms with van der Waals surface area (Å²) in [5.74, 6) is 0.379. The number of halogens is 1. The van der Waals surface area contributed by atoms with Gasteiger partial charge in [0.1, 0.15) is 10.6 Å².